The highest BCUT2D eigenvalue weighted by atomic mass is 16.8. The minimum atomic E-state index is -1.97. The summed E-state index contributed by atoms with van der Waals surface area (Å²) in [6, 6.07) is -0.963. The van der Waals surface area contributed by atoms with E-state index >= 15 is 0 Å². The Balaban J connectivity index is 1.41. The molecule has 17 atom stereocenters. The van der Waals surface area contributed by atoms with Gasteiger partial charge in [0.25, 0.3) is 0 Å². The van der Waals surface area contributed by atoms with Crippen molar-refractivity contribution in [1.82, 2.24) is 5.32 Å². The van der Waals surface area contributed by atoms with Crippen molar-refractivity contribution in [3.05, 3.63) is 12.2 Å². The van der Waals surface area contributed by atoms with Crippen LogP contribution in [0.4, 0.5) is 0 Å². The monoisotopic (exact) mass is 1040 g/mol. The molecular formula is C53H99NO18. The molecule has 19 nitrogen and oxygen atoms in total. The van der Waals surface area contributed by atoms with E-state index in [-0.39, 0.29) is 18.9 Å². The van der Waals surface area contributed by atoms with Gasteiger partial charge >= 0.3 is 0 Å². The van der Waals surface area contributed by atoms with Crippen molar-refractivity contribution in [2.24, 2.45) is 0 Å². The number of aliphatic hydroxyl groups excluding tert-OH is 11. The average molecular weight is 1040 g/mol. The summed E-state index contributed by atoms with van der Waals surface area (Å²) in [7, 11) is 0. The molecule has 424 valence electrons. The molecule has 0 saturated carbocycles. The number of rotatable bonds is 40. The van der Waals surface area contributed by atoms with E-state index in [1.165, 1.54) is 116 Å². The normalized spacial score (nSPS) is 32.0. The first-order valence-electron chi connectivity index (χ1n) is 27.9. The topological polar surface area (TPSA) is 307 Å². The van der Waals surface area contributed by atoms with Crippen molar-refractivity contribution in [2.45, 2.75) is 291 Å². The van der Waals surface area contributed by atoms with Crippen LogP contribution in [0.2, 0.25) is 0 Å². The second-order valence-electron chi connectivity index (χ2n) is 20.4. The van der Waals surface area contributed by atoms with Gasteiger partial charge in [0.15, 0.2) is 18.9 Å². The van der Waals surface area contributed by atoms with Crippen molar-refractivity contribution in [3.8, 4) is 0 Å². The highest BCUT2D eigenvalue weighted by Crippen LogP contribution is 2.33. The van der Waals surface area contributed by atoms with E-state index in [1.807, 2.05) is 6.08 Å². The summed E-state index contributed by atoms with van der Waals surface area (Å²) in [5.74, 6) is -0.280. The third-order valence-corrected chi connectivity index (χ3v) is 14.3. The van der Waals surface area contributed by atoms with Gasteiger partial charge < -0.3 is 89.9 Å². The van der Waals surface area contributed by atoms with Gasteiger partial charge in [-0.25, -0.2) is 0 Å². The fourth-order valence-corrected chi connectivity index (χ4v) is 9.66. The molecule has 17 unspecified atom stereocenters. The standard InChI is InChI=1S/C53H99NO18/c1-3-5-7-9-10-11-12-13-14-15-16-17-18-19-20-21-22-23-24-25-27-29-31-41(59)54-36(37(58)30-28-26-8-6-4-2)35-67-51-47(65)44(62)49(39(33-56)69-51)72-53-48(66)45(63)50(40(34-57)70-53)71-52-46(64)43(61)42(60)38(32-55)68-52/h28,30,36-40,42-53,55-58,60-66H,3-27,29,31-35H2,1-2H3,(H,54,59)/b30-28+. The van der Waals surface area contributed by atoms with Crippen LogP contribution in [0.15, 0.2) is 12.2 Å². The summed E-state index contributed by atoms with van der Waals surface area (Å²) in [6.45, 7) is 1.59. The maximum atomic E-state index is 13.2. The molecule has 3 aliphatic heterocycles. The number of nitrogens with one attached hydrogen (secondary N) is 1. The lowest BCUT2D eigenvalue weighted by molar-refractivity contribution is -0.379. The second kappa shape index (κ2) is 38.1. The molecule has 0 bridgehead atoms. The average Bonchev–Trinajstić information content (AvgIpc) is 3.37. The van der Waals surface area contributed by atoms with Gasteiger partial charge in [-0.2, -0.15) is 0 Å². The number of carbonyl (C=O) groups is 1. The third-order valence-electron chi connectivity index (χ3n) is 14.3. The molecule has 0 aromatic rings. The largest absolute Gasteiger partial charge is 0.394 e. The Bertz CT molecular complexity index is 1380. The van der Waals surface area contributed by atoms with Gasteiger partial charge in [0.1, 0.15) is 73.2 Å². The van der Waals surface area contributed by atoms with E-state index in [9.17, 15) is 61.0 Å². The quantitative estimate of drug-likeness (QED) is 0.0309. The fourth-order valence-electron chi connectivity index (χ4n) is 9.66. The Labute approximate surface area is 429 Å². The maximum Gasteiger partial charge on any atom is 0.220 e. The molecule has 0 aliphatic carbocycles. The number of unbranched alkanes of at least 4 members (excludes halogenated alkanes) is 24. The van der Waals surface area contributed by atoms with Gasteiger partial charge in [0.2, 0.25) is 5.91 Å². The Morgan fingerprint density at radius 1 is 0.486 bits per heavy atom. The van der Waals surface area contributed by atoms with Crippen LogP contribution in [-0.2, 0) is 33.2 Å². The molecule has 72 heavy (non-hydrogen) atoms. The van der Waals surface area contributed by atoms with Gasteiger partial charge in [0.05, 0.1) is 38.6 Å². The predicted octanol–water partition coefficient (Wildman–Crippen LogP) is 3.43. The van der Waals surface area contributed by atoms with Crippen molar-refractivity contribution < 1.29 is 89.4 Å². The van der Waals surface area contributed by atoms with Gasteiger partial charge in [0, 0.05) is 6.42 Å². The first-order chi connectivity index (χ1) is 34.8. The van der Waals surface area contributed by atoms with Crippen LogP contribution in [0.3, 0.4) is 0 Å². The summed E-state index contributed by atoms with van der Waals surface area (Å²) >= 11 is 0. The molecule has 1 amide bonds. The van der Waals surface area contributed by atoms with Crippen LogP contribution >= 0.6 is 0 Å². The highest BCUT2D eigenvalue weighted by molar-refractivity contribution is 5.76. The summed E-state index contributed by atoms with van der Waals surface area (Å²) in [5, 5.41) is 119. The predicted molar refractivity (Wildman–Crippen MR) is 268 cm³/mol. The Morgan fingerprint density at radius 3 is 1.31 bits per heavy atom. The zero-order valence-corrected chi connectivity index (χ0v) is 43.7. The van der Waals surface area contributed by atoms with Gasteiger partial charge in [-0.05, 0) is 19.3 Å². The molecule has 12 N–H and O–H groups in total. The molecule has 19 heteroatoms. The lowest BCUT2D eigenvalue weighted by Crippen LogP contribution is -2.66. The first-order valence-corrected chi connectivity index (χ1v) is 27.9. The SMILES string of the molecule is CCCCC/C=C/C(O)C(COC1OC(CO)C(OC2OC(CO)C(OC3OC(CO)C(O)C(O)C3O)C(O)C2O)C(O)C1O)NC(=O)CCCCCCCCCCCCCCCCCCCCCCCC. The van der Waals surface area contributed by atoms with Gasteiger partial charge in [-0.3, -0.25) is 4.79 Å². The van der Waals surface area contributed by atoms with E-state index in [1.54, 1.807) is 6.08 Å². The summed E-state index contributed by atoms with van der Waals surface area (Å²) in [5.41, 5.74) is 0. The molecule has 0 spiro atoms. The van der Waals surface area contributed by atoms with Crippen molar-refractivity contribution in [1.29, 1.82) is 0 Å². The molecule has 3 fully saturated rings. The second-order valence-corrected chi connectivity index (χ2v) is 20.4. The Kier molecular flexibility index (Phi) is 34.3. The summed E-state index contributed by atoms with van der Waals surface area (Å²) < 4.78 is 34.0. The lowest BCUT2D eigenvalue weighted by Gasteiger charge is -2.48. The van der Waals surface area contributed by atoms with Crippen LogP contribution < -0.4 is 5.32 Å². The van der Waals surface area contributed by atoms with Crippen LogP contribution in [0.1, 0.15) is 187 Å². The van der Waals surface area contributed by atoms with Crippen molar-refractivity contribution in [3.63, 3.8) is 0 Å². The van der Waals surface area contributed by atoms with E-state index in [4.69, 9.17) is 28.4 Å². The van der Waals surface area contributed by atoms with Crippen molar-refractivity contribution >= 4 is 5.91 Å². The Hall–Kier alpha value is -1.47. The number of aliphatic hydroxyl groups is 11. The zero-order chi connectivity index (χ0) is 52.7. The molecule has 3 saturated heterocycles. The maximum absolute atomic E-state index is 13.2. The number of carbonyl (C=O) groups excluding carboxylic acids is 1. The van der Waals surface area contributed by atoms with Crippen LogP contribution in [-0.4, -0.2) is 193 Å². The van der Waals surface area contributed by atoms with Gasteiger partial charge in [-0.15, -0.1) is 0 Å². The first kappa shape index (κ1) is 64.8. The molecule has 0 aromatic carbocycles. The minimum Gasteiger partial charge on any atom is -0.394 e. The van der Waals surface area contributed by atoms with Crippen LogP contribution in [0, 0.1) is 0 Å². The number of ether oxygens (including phenoxy) is 6. The number of amides is 1. The van der Waals surface area contributed by atoms with Crippen LogP contribution in [0.5, 0.6) is 0 Å². The number of allylic oxidation sites excluding steroid dienone is 1. The highest BCUT2D eigenvalue weighted by Gasteiger charge is 2.53. The molecule has 3 heterocycles. The van der Waals surface area contributed by atoms with Crippen LogP contribution in [0.25, 0.3) is 0 Å². The fraction of sp³-hybridized carbons (Fsp3) is 0.943. The van der Waals surface area contributed by atoms with E-state index in [0.29, 0.717) is 6.42 Å². The van der Waals surface area contributed by atoms with E-state index in [2.05, 4.69) is 19.2 Å². The molecule has 3 rings (SSSR count). The molecule has 0 radical (unpaired) electrons. The Morgan fingerprint density at radius 2 is 0.861 bits per heavy atom. The molecule has 3 aliphatic rings. The van der Waals surface area contributed by atoms with Gasteiger partial charge in [-0.1, -0.05) is 174 Å². The third kappa shape index (κ3) is 23.0. The zero-order valence-electron chi connectivity index (χ0n) is 43.7. The number of hydrogen-bond acceptors (Lipinski definition) is 18. The van der Waals surface area contributed by atoms with E-state index < -0.39 is 124 Å². The van der Waals surface area contributed by atoms with E-state index in [0.717, 1.165) is 44.9 Å². The summed E-state index contributed by atoms with van der Waals surface area (Å²) in [4.78, 5) is 13.2. The lowest BCUT2D eigenvalue weighted by atomic mass is 9.96. The minimum absolute atomic E-state index is 0.247. The van der Waals surface area contributed by atoms with Crippen molar-refractivity contribution in [2.75, 3.05) is 26.4 Å². The molecular weight excluding hydrogens is 939 g/mol. The smallest absolute Gasteiger partial charge is 0.220 e. The molecule has 0 aromatic heterocycles. The number of hydrogen-bond donors (Lipinski definition) is 12. The summed E-state index contributed by atoms with van der Waals surface area (Å²) in [6.07, 6.45) is 8.59.